The lowest BCUT2D eigenvalue weighted by Gasteiger charge is -2.15. The van der Waals surface area contributed by atoms with Crippen molar-refractivity contribution in [1.29, 1.82) is 0 Å². The van der Waals surface area contributed by atoms with E-state index >= 15 is 0 Å². The Morgan fingerprint density at radius 1 is 1.36 bits per heavy atom. The quantitative estimate of drug-likeness (QED) is 0.616. The monoisotopic (exact) mass is 176 g/mol. The predicted octanol–water partition coefficient (Wildman–Crippen LogP) is 3.22. The normalized spacial score (nSPS) is 16.4. The van der Waals surface area contributed by atoms with Crippen molar-refractivity contribution in [3.63, 3.8) is 0 Å². The van der Waals surface area contributed by atoms with Crippen LogP contribution in [0.2, 0.25) is 0 Å². The smallest absolute Gasteiger partial charge is 0.0222 e. The number of hydrogen-bond acceptors (Lipinski definition) is 1. The van der Waals surface area contributed by atoms with E-state index in [-0.39, 0.29) is 0 Å². The molecule has 0 aromatic rings. The highest BCUT2D eigenvalue weighted by molar-refractivity contribution is 7.50. The molecule has 11 heavy (non-hydrogen) atoms. The second-order valence-corrected chi connectivity index (χ2v) is 4.94. The fraction of sp³-hybridized carbons (Fsp3) is 1.00. The van der Waals surface area contributed by atoms with Crippen LogP contribution in [0.3, 0.4) is 0 Å². The van der Waals surface area contributed by atoms with Crippen LogP contribution in [0, 0.1) is 5.92 Å². The molecule has 0 amide bonds. The Hall–Kier alpha value is 0.390. The SMILES string of the molecule is CCCCC(CC)CP(C)O. The van der Waals surface area contributed by atoms with Gasteiger partial charge in [0.25, 0.3) is 0 Å². The first-order valence-corrected chi connectivity index (χ1v) is 6.53. The molecule has 68 valence electrons. The van der Waals surface area contributed by atoms with Crippen molar-refractivity contribution in [3.05, 3.63) is 0 Å². The zero-order chi connectivity index (χ0) is 8.69. The van der Waals surface area contributed by atoms with Gasteiger partial charge in [0, 0.05) is 8.15 Å². The van der Waals surface area contributed by atoms with Gasteiger partial charge in [0.05, 0.1) is 0 Å². The van der Waals surface area contributed by atoms with E-state index < -0.39 is 8.15 Å². The van der Waals surface area contributed by atoms with Gasteiger partial charge in [-0.05, 0) is 18.7 Å². The van der Waals surface area contributed by atoms with E-state index in [4.69, 9.17) is 0 Å². The van der Waals surface area contributed by atoms with Gasteiger partial charge in [-0.15, -0.1) is 0 Å². The molecule has 0 heterocycles. The Kier molecular flexibility index (Phi) is 7.31. The number of unbranched alkanes of at least 4 members (excludes halogenated alkanes) is 1. The molecule has 2 heteroatoms. The maximum absolute atomic E-state index is 9.22. The minimum atomic E-state index is -0.662. The minimum Gasteiger partial charge on any atom is -0.374 e. The first kappa shape index (κ1) is 11.4. The molecule has 0 aliphatic rings. The molecule has 0 bridgehead atoms. The molecule has 0 spiro atoms. The van der Waals surface area contributed by atoms with Crippen LogP contribution >= 0.6 is 8.15 Å². The van der Waals surface area contributed by atoms with Crippen LogP contribution < -0.4 is 0 Å². The first-order chi connectivity index (χ1) is 5.20. The summed E-state index contributed by atoms with van der Waals surface area (Å²) in [5, 5.41) is 0. The Morgan fingerprint density at radius 3 is 2.36 bits per heavy atom. The van der Waals surface area contributed by atoms with Gasteiger partial charge in [-0.25, -0.2) is 0 Å². The molecule has 0 radical (unpaired) electrons. The third-order valence-electron chi connectivity index (χ3n) is 2.07. The summed E-state index contributed by atoms with van der Waals surface area (Å²) in [6.07, 6.45) is 6.19. The molecule has 1 nitrogen and oxygen atoms in total. The Bertz CT molecular complexity index is 83.6. The zero-order valence-corrected chi connectivity index (χ0v) is 8.90. The van der Waals surface area contributed by atoms with E-state index in [0.29, 0.717) is 0 Å². The first-order valence-electron chi connectivity index (χ1n) is 4.60. The van der Waals surface area contributed by atoms with Gasteiger partial charge in [0.15, 0.2) is 0 Å². The second kappa shape index (κ2) is 7.06. The van der Waals surface area contributed by atoms with Gasteiger partial charge in [-0.1, -0.05) is 39.5 Å². The highest BCUT2D eigenvalue weighted by Crippen LogP contribution is 2.30. The van der Waals surface area contributed by atoms with Crippen molar-refractivity contribution in [3.8, 4) is 0 Å². The van der Waals surface area contributed by atoms with Gasteiger partial charge < -0.3 is 4.89 Å². The fourth-order valence-corrected chi connectivity index (χ4v) is 2.48. The average Bonchev–Trinajstić information content (AvgIpc) is 1.97. The largest absolute Gasteiger partial charge is 0.374 e. The highest BCUT2D eigenvalue weighted by atomic mass is 31.1. The molecule has 0 aliphatic heterocycles. The molecular formula is C9H21OP. The predicted molar refractivity (Wildman–Crippen MR) is 53.2 cm³/mol. The summed E-state index contributed by atoms with van der Waals surface area (Å²) in [5.74, 6) is 0.774. The van der Waals surface area contributed by atoms with Crippen LogP contribution in [0.1, 0.15) is 39.5 Å². The number of hydrogen-bond donors (Lipinski definition) is 1. The van der Waals surface area contributed by atoms with Crippen molar-refractivity contribution in [2.45, 2.75) is 39.5 Å². The van der Waals surface area contributed by atoms with Gasteiger partial charge in [-0.3, -0.25) is 0 Å². The van der Waals surface area contributed by atoms with Crippen LogP contribution in [0.4, 0.5) is 0 Å². The second-order valence-electron chi connectivity index (χ2n) is 3.26. The van der Waals surface area contributed by atoms with Crippen LogP contribution in [0.15, 0.2) is 0 Å². The van der Waals surface area contributed by atoms with Crippen molar-refractivity contribution < 1.29 is 4.89 Å². The molecule has 0 saturated carbocycles. The van der Waals surface area contributed by atoms with E-state index in [1.54, 1.807) is 0 Å². The van der Waals surface area contributed by atoms with Gasteiger partial charge >= 0.3 is 0 Å². The van der Waals surface area contributed by atoms with Crippen LogP contribution in [-0.2, 0) is 0 Å². The summed E-state index contributed by atoms with van der Waals surface area (Å²) < 4.78 is 0. The molecule has 0 rings (SSSR count). The van der Waals surface area contributed by atoms with Crippen molar-refractivity contribution in [2.24, 2.45) is 5.92 Å². The Balaban J connectivity index is 3.41. The molecule has 0 aromatic heterocycles. The Morgan fingerprint density at radius 2 is 2.00 bits per heavy atom. The van der Waals surface area contributed by atoms with E-state index in [0.717, 1.165) is 12.1 Å². The fourth-order valence-electron chi connectivity index (χ4n) is 1.29. The number of rotatable bonds is 6. The van der Waals surface area contributed by atoms with E-state index in [1.165, 1.54) is 25.7 Å². The van der Waals surface area contributed by atoms with E-state index in [2.05, 4.69) is 13.8 Å². The van der Waals surface area contributed by atoms with Gasteiger partial charge in [0.1, 0.15) is 0 Å². The van der Waals surface area contributed by atoms with E-state index in [1.807, 2.05) is 6.66 Å². The van der Waals surface area contributed by atoms with Gasteiger partial charge in [-0.2, -0.15) is 0 Å². The topological polar surface area (TPSA) is 20.2 Å². The average molecular weight is 176 g/mol. The molecule has 2 unspecified atom stereocenters. The summed E-state index contributed by atoms with van der Waals surface area (Å²) in [4.78, 5) is 9.22. The molecule has 0 saturated heterocycles. The highest BCUT2D eigenvalue weighted by Gasteiger charge is 2.08. The molecule has 0 aliphatic carbocycles. The summed E-state index contributed by atoms with van der Waals surface area (Å²) in [7, 11) is -0.662. The molecule has 2 atom stereocenters. The summed E-state index contributed by atoms with van der Waals surface area (Å²) in [5.41, 5.74) is 0. The summed E-state index contributed by atoms with van der Waals surface area (Å²) >= 11 is 0. The maximum atomic E-state index is 9.22. The van der Waals surface area contributed by atoms with Crippen molar-refractivity contribution in [1.82, 2.24) is 0 Å². The van der Waals surface area contributed by atoms with Crippen LogP contribution in [0.25, 0.3) is 0 Å². The van der Waals surface area contributed by atoms with Crippen LogP contribution in [-0.4, -0.2) is 17.7 Å². The summed E-state index contributed by atoms with van der Waals surface area (Å²) in [6.45, 7) is 6.39. The third-order valence-corrected chi connectivity index (χ3v) is 3.11. The molecule has 0 aromatic carbocycles. The molecular weight excluding hydrogens is 155 g/mol. The molecule has 1 N–H and O–H groups in total. The van der Waals surface area contributed by atoms with Crippen molar-refractivity contribution >= 4 is 8.15 Å². The van der Waals surface area contributed by atoms with Gasteiger partial charge in [0.2, 0.25) is 0 Å². The minimum absolute atomic E-state index is 0.662. The third kappa shape index (κ3) is 6.77. The molecule has 0 fully saturated rings. The zero-order valence-electron chi connectivity index (χ0n) is 8.01. The lowest BCUT2D eigenvalue weighted by atomic mass is 10.0. The lowest BCUT2D eigenvalue weighted by molar-refractivity contribution is 0.485. The van der Waals surface area contributed by atoms with E-state index in [9.17, 15) is 4.89 Å². The maximum Gasteiger partial charge on any atom is 0.0222 e. The summed E-state index contributed by atoms with van der Waals surface area (Å²) in [6, 6.07) is 0. The standard InChI is InChI=1S/C9H21OP/c1-4-6-7-9(5-2)8-11(3)10/h9-10H,4-8H2,1-3H3. The Labute approximate surface area is 72.0 Å². The lowest BCUT2D eigenvalue weighted by Crippen LogP contribution is -2.03. The van der Waals surface area contributed by atoms with Crippen molar-refractivity contribution in [2.75, 3.05) is 12.8 Å². The van der Waals surface area contributed by atoms with Crippen LogP contribution in [0.5, 0.6) is 0 Å².